The lowest BCUT2D eigenvalue weighted by Gasteiger charge is -2.32. The quantitative estimate of drug-likeness (QED) is 0.579. The van der Waals surface area contributed by atoms with Crippen LogP contribution in [0.1, 0.15) is 18.4 Å². The van der Waals surface area contributed by atoms with Crippen molar-refractivity contribution < 1.29 is 13.2 Å². The van der Waals surface area contributed by atoms with Crippen LogP contribution in [0.3, 0.4) is 0 Å². The molecule has 0 amide bonds. The van der Waals surface area contributed by atoms with Gasteiger partial charge in [0.15, 0.2) is 11.6 Å². The second-order valence-electron chi connectivity index (χ2n) is 5.51. The Morgan fingerprint density at radius 2 is 2.00 bits per heavy atom. The summed E-state index contributed by atoms with van der Waals surface area (Å²) >= 11 is 4.36. The zero-order valence-electron chi connectivity index (χ0n) is 10.5. The van der Waals surface area contributed by atoms with Gasteiger partial charge in [-0.25, -0.2) is 13.2 Å². The van der Waals surface area contributed by atoms with Crippen molar-refractivity contribution in [2.45, 2.75) is 23.6 Å². The SMILES string of the molecule is NC1=N[C@](CF)(c2cc(N)cc(F)c2F)[C@]2(C1)C[C@H]2S. The fourth-order valence-electron chi connectivity index (χ4n) is 3.26. The molecule has 3 rings (SSSR count). The summed E-state index contributed by atoms with van der Waals surface area (Å²) in [4.78, 5) is 4.13. The summed E-state index contributed by atoms with van der Waals surface area (Å²) in [6.45, 7) is -0.968. The molecule has 108 valence electrons. The molecule has 2 aliphatic rings. The second-order valence-corrected chi connectivity index (χ2v) is 6.14. The third kappa shape index (κ3) is 1.52. The Morgan fingerprint density at radius 3 is 2.55 bits per heavy atom. The smallest absolute Gasteiger partial charge is 0.164 e. The molecule has 1 saturated carbocycles. The van der Waals surface area contributed by atoms with Gasteiger partial charge in [0.1, 0.15) is 12.2 Å². The summed E-state index contributed by atoms with van der Waals surface area (Å²) in [5.41, 5.74) is 8.94. The Labute approximate surface area is 119 Å². The number of thiol groups is 1. The number of halogens is 3. The molecular weight excluding hydrogens is 287 g/mol. The molecule has 7 heteroatoms. The third-order valence-corrected chi connectivity index (χ3v) is 5.06. The number of aliphatic imine (C=N–C) groups is 1. The van der Waals surface area contributed by atoms with Gasteiger partial charge in [-0.15, -0.1) is 0 Å². The topological polar surface area (TPSA) is 64.4 Å². The van der Waals surface area contributed by atoms with E-state index >= 15 is 0 Å². The molecule has 3 atom stereocenters. The lowest BCUT2D eigenvalue weighted by Crippen LogP contribution is -2.37. The van der Waals surface area contributed by atoms with Gasteiger partial charge < -0.3 is 11.5 Å². The zero-order valence-corrected chi connectivity index (χ0v) is 11.4. The van der Waals surface area contributed by atoms with Crippen LogP contribution in [0, 0.1) is 17.0 Å². The number of alkyl halides is 1. The first-order chi connectivity index (χ1) is 9.36. The van der Waals surface area contributed by atoms with E-state index in [9.17, 15) is 13.2 Å². The number of hydrogen-bond donors (Lipinski definition) is 3. The minimum Gasteiger partial charge on any atom is -0.399 e. The highest BCUT2D eigenvalue weighted by Gasteiger charge is 2.70. The van der Waals surface area contributed by atoms with E-state index in [0.717, 1.165) is 6.07 Å². The third-order valence-electron chi connectivity index (χ3n) is 4.38. The molecule has 1 fully saturated rings. The Balaban J connectivity index is 2.24. The summed E-state index contributed by atoms with van der Waals surface area (Å²) in [5.74, 6) is -2.00. The molecule has 0 radical (unpaired) electrons. The minimum absolute atomic E-state index is 0.0268. The van der Waals surface area contributed by atoms with E-state index in [2.05, 4.69) is 17.6 Å². The number of amidine groups is 1. The Morgan fingerprint density at radius 1 is 1.35 bits per heavy atom. The van der Waals surface area contributed by atoms with Gasteiger partial charge in [-0.1, -0.05) is 0 Å². The van der Waals surface area contributed by atoms with Gasteiger partial charge in [0.25, 0.3) is 0 Å². The highest BCUT2D eigenvalue weighted by molar-refractivity contribution is 7.81. The highest BCUT2D eigenvalue weighted by Crippen LogP contribution is 2.67. The largest absolute Gasteiger partial charge is 0.399 e. The fraction of sp³-hybridized carbons (Fsp3) is 0.462. The number of rotatable bonds is 2. The van der Waals surface area contributed by atoms with E-state index in [1.54, 1.807) is 0 Å². The predicted molar refractivity (Wildman–Crippen MR) is 74.5 cm³/mol. The van der Waals surface area contributed by atoms with E-state index in [4.69, 9.17) is 11.5 Å². The van der Waals surface area contributed by atoms with Gasteiger partial charge in [0.2, 0.25) is 0 Å². The number of nitrogens with zero attached hydrogens (tertiary/aromatic N) is 1. The molecule has 1 heterocycles. The molecule has 0 saturated heterocycles. The monoisotopic (exact) mass is 301 g/mol. The normalized spacial score (nSPS) is 35.4. The van der Waals surface area contributed by atoms with Crippen LogP contribution in [0.15, 0.2) is 17.1 Å². The molecule has 1 aliphatic heterocycles. The summed E-state index contributed by atoms with van der Waals surface area (Å²) in [6.07, 6.45) is 0.890. The summed E-state index contributed by atoms with van der Waals surface area (Å²) in [5, 5.41) is -0.146. The average molecular weight is 301 g/mol. The van der Waals surface area contributed by atoms with E-state index in [0.29, 0.717) is 12.8 Å². The highest BCUT2D eigenvalue weighted by atomic mass is 32.1. The molecule has 0 aromatic heterocycles. The van der Waals surface area contributed by atoms with Gasteiger partial charge in [-0.3, -0.25) is 4.99 Å². The maximum atomic E-state index is 14.2. The average Bonchev–Trinajstić information content (AvgIpc) is 2.91. The molecule has 4 N–H and O–H groups in total. The molecule has 0 bridgehead atoms. The number of nitrogen functional groups attached to an aromatic ring is 1. The molecule has 0 unspecified atom stereocenters. The van der Waals surface area contributed by atoms with Crippen LogP contribution >= 0.6 is 12.6 Å². The van der Waals surface area contributed by atoms with Crippen LogP contribution < -0.4 is 11.5 Å². The van der Waals surface area contributed by atoms with Crippen LogP contribution in [0.5, 0.6) is 0 Å². The molecule has 1 aromatic rings. The van der Waals surface area contributed by atoms with E-state index in [1.165, 1.54) is 6.07 Å². The van der Waals surface area contributed by atoms with Crippen molar-refractivity contribution in [1.29, 1.82) is 0 Å². The van der Waals surface area contributed by atoms with Crippen molar-refractivity contribution in [3.63, 3.8) is 0 Å². The van der Waals surface area contributed by atoms with Crippen molar-refractivity contribution in [3.8, 4) is 0 Å². The molecule has 3 nitrogen and oxygen atoms in total. The lowest BCUT2D eigenvalue weighted by molar-refractivity contribution is 0.209. The van der Waals surface area contributed by atoms with Gasteiger partial charge in [-0.2, -0.15) is 12.6 Å². The van der Waals surface area contributed by atoms with E-state index in [-0.39, 0.29) is 22.3 Å². The van der Waals surface area contributed by atoms with Crippen molar-refractivity contribution in [1.82, 2.24) is 0 Å². The number of benzene rings is 1. The first-order valence-electron chi connectivity index (χ1n) is 6.19. The van der Waals surface area contributed by atoms with Crippen molar-refractivity contribution in [2.75, 3.05) is 12.4 Å². The standard InChI is InChI=1S/C13H14F3N3S/c14-5-13(7-1-6(17)2-8(15)11(7)16)12(3-9(12)20)4-10(18)19-13/h1-2,9,20H,3-5,17H2,(H2,18,19)/t9-,12+,13-/m1/s1. The molecule has 20 heavy (non-hydrogen) atoms. The van der Waals surface area contributed by atoms with Crippen molar-refractivity contribution in [2.24, 2.45) is 16.1 Å². The molecule has 1 aromatic carbocycles. The van der Waals surface area contributed by atoms with Gasteiger partial charge in [-0.05, 0) is 18.6 Å². The number of anilines is 1. The van der Waals surface area contributed by atoms with Crippen LogP contribution in [0.4, 0.5) is 18.9 Å². The van der Waals surface area contributed by atoms with E-state index < -0.39 is 29.3 Å². The first kappa shape index (κ1) is 13.6. The van der Waals surface area contributed by atoms with Gasteiger partial charge in [0.05, 0.1) is 5.84 Å². The van der Waals surface area contributed by atoms with Crippen LogP contribution in [-0.4, -0.2) is 17.8 Å². The van der Waals surface area contributed by atoms with Crippen LogP contribution in [0.2, 0.25) is 0 Å². The summed E-state index contributed by atoms with van der Waals surface area (Å²) in [6, 6.07) is 2.10. The second kappa shape index (κ2) is 4.07. The predicted octanol–water partition coefficient (Wildman–Crippen LogP) is 2.16. The minimum atomic E-state index is -1.52. The summed E-state index contributed by atoms with van der Waals surface area (Å²) in [7, 11) is 0. The van der Waals surface area contributed by atoms with Gasteiger partial charge in [0, 0.05) is 28.3 Å². The lowest BCUT2D eigenvalue weighted by atomic mass is 9.76. The van der Waals surface area contributed by atoms with Crippen molar-refractivity contribution >= 4 is 24.2 Å². The fourth-order valence-corrected chi connectivity index (χ4v) is 3.89. The number of hydrogen-bond acceptors (Lipinski definition) is 4. The number of nitrogens with two attached hydrogens (primary N) is 2. The van der Waals surface area contributed by atoms with Crippen molar-refractivity contribution in [3.05, 3.63) is 29.3 Å². The van der Waals surface area contributed by atoms with Crippen LogP contribution in [-0.2, 0) is 5.54 Å². The molecule has 1 aliphatic carbocycles. The summed E-state index contributed by atoms with van der Waals surface area (Å²) < 4.78 is 41.6. The Bertz CT molecular complexity index is 621. The van der Waals surface area contributed by atoms with E-state index in [1.807, 2.05) is 0 Å². The first-order valence-corrected chi connectivity index (χ1v) is 6.71. The maximum Gasteiger partial charge on any atom is 0.164 e. The Kier molecular flexibility index (Phi) is 2.77. The molecule has 1 spiro atoms. The van der Waals surface area contributed by atoms with Gasteiger partial charge >= 0.3 is 0 Å². The zero-order chi connectivity index (χ0) is 14.7. The van der Waals surface area contributed by atoms with Crippen LogP contribution in [0.25, 0.3) is 0 Å². The maximum absolute atomic E-state index is 14.2. The molecular formula is C13H14F3N3S. The Hall–Kier alpha value is -1.37.